The molecule has 0 spiro atoms. The molecule has 0 atom stereocenters. The molecule has 26 heavy (non-hydrogen) atoms. The number of carbonyl (C=O) groups excluding carboxylic acids is 1. The van der Waals surface area contributed by atoms with Gasteiger partial charge in [0.15, 0.2) is 8.32 Å². The first-order valence-electron chi connectivity index (χ1n) is 8.32. The zero-order valence-corrected chi connectivity index (χ0v) is 17.5. The van der Waals surface area contributed by atoms with Crippen LogP contribution in [0.25, 0.3) is 0 Å². The minimum atomic E-state index is -1.83. The Bertz CT molecular complexity index is 806. The van der Waals surface area contributed by atoms with Gasteiger partial charge >= 0.3 is 0 Å². The molecule has 1 heterocycles. The summed E-state index contributed by atoms with van der Waals surface area (Å²) in [7, 11) is -1.83. The number of hydrogen-bond acceptors (Lipinski definition) is 5. The lowest BCUT2D eigenvalue weighted by molar-refractivity contribution is 0.100. The highest BCUT2D eigenvalue weighted by Gasteiger charge is 2.37. The molecule has 0 aliphatic carbocycles. The number of benzene rings is 1. The second-order valence-corrected chi connectivity index (χ2v) is 12.8. The SMILES string of the molecule is CC(C)(C)[Si](C)(C)OCc1cccc(Nc2nc(Cl)ncc2C(N)=O)c1. The Balaban J connectivity index is 2.18. The van der Waals surface area contributed by atoms with E-state index in [1.54, 1.807) is 0 Å². The highest BCUT2D eigenvalue weighted by Crippen LogP contribution is 2.37. The summed E-state index contributed by atoms with van der Waals surface area (Å²) in [5.74, 6) is -0.346. The Hall–Kier alpha value is -1.96. The molecule has 0 saturated carbocycles. The van der Waals surface area contributed by atoms with Crippen molar-refractivity contribution in [1.82, 2.24) is 9.97 Å². The molecule has 3 N–H and O–H groups in total. The van der Waals surface area contributed by atoms with Gasteiger partial charge < -0.3 is 15.5 Å². The van der Waals surface area contributed by atoms with E-state index in [0.29, 0.717) is 6.61 Å². The Labute approximate surface area is 160 Å². The van der Waals surface area contributed by atoms with Crippen LogP contribution in [0.5, 0.6) is 0 Å². The number of rotatable bonds is 6. The van der Waals surface area contributed by atoms with Gasteiger partial charge in [-0.15, -0.1) is 0 Å². The molecule has 0 bridgehead atoms. The van der Waals surface area contributed by atoms with Crippen molar-refractivity contribution in [3.8, 4) is 0 Å². The van der Waals surface area contributed by atoms with Crippen molar-refractivity contribution in [2.24, 2.45) is 5.73 Å². The number of aromatic nitrogens is 2. The van der Waals surface area contributed by atoms with Gasteiger partial charge in [-0.1, -0.05) is 32.9 Å². The van der Waals surface area contributed by atoms with Gasteiger partial charge in [0, 0.05) is 11.9 Å². The molecule has 1 aromatic carbocycles. The smallest absolute Gasteiger partial charge is 0.254 e. The van der Waals surface area contributed by atoms with Crippen LogP contribution in [0.4, 0.5) is 11.5 Å². The molecule has 0 saturated heterocycles. The normalized spacial score (nSPS) is 12.1. The highest BCUT2D eigenvalue weighted by molar-refractivity contribution is 6.74. The van der Waals surface area contributed by atoms with Crippen molar-refractivity contribution in [2.45, 2.75) is 45.5 Å². The van der Waals surface area contributed by atoms with Gasteiger partial charge in [-0.25, -0.2) is 4.98 Å². The van der Waals surface area contributed by atoms with Crippen LogP contribution in [-0.4, -0.2) is 24.2 Å². The number of nitrogens with one attached hydrogen (secondary N) is 1. The molecule has 0 aliphatic heterocycles. The van der Waals surface area contributed by atoms with Crippen LogP contribution in [0.2, 0.25) is 23.4 Å². The van der Waals surface area contributed by atoms with E-state index in [4.69, 9.17) is 21.8 Å². The van der Waals surface area contributed by atoms with Crippen molar-refractivity contribution in [1.29, 1.82) is 0 Å². The number of nitrogens with zero attached hydrogens (tertiary/aromatic N) is 2. The molecule has 1 amide bonds. The average molecular weight is 393 g/mol. The molecule has 0 radical (unpaired) electrons. The third kappa shape index (κ3) is 5.03. The molecule has 6 nitrogen and oxygen atoms in total. The largest absolute Gasteiger partial charge is 0.413 e. The summed E-state index contributed by atoms with van der Waals surface area (Å²) >= 11 is 5.83. The zero-order chi connectivity index (χ0) is 19.5. The predicted octanol–water partition coefficient (Wildman–Crippen LogP) is 4.49. The molecular weight excluding hydrogens is 368 g/mol. The number of halogens is 1. The topological polar surface area (TPSA) is 90.1 Å². The summed E-state index contributed by atoms with van der Waals surface area (Å²) in [5.41, 5.74) is 7.34. The first-order chi connectivity index (χ1) is 12.0. The van der Waals surface area contributed by atoms with Crippen LogP contribution in [-0.2, 0) is 11.0 Å². The van der Waals surface area contributed by atoms with Crippen LogP contribution in [0.1, 0.15) is 36.7 Å². The van der Waals surface area contributed by atoms with Gasteiger partial charge in [0.25, 0.3) is 5.91 Å². The van der Waals surface area contributed by atoms with Gasteiger partial charge in [0.2, 0.25) is 5.28 Å². The van der Waals surface area contributed by atoms with Gasteiger partial charge in [-0.05, 0) is 47.4 Å². The molecule has 0 unspecified atom stereocenters. The fourth-order valence-corrected chi connectivity index (χ4v) is 3.09. The molecule has 8 heteroatoms. The van der Waals surface area contributed by atoms with Crippen LogP contribution in [0, 0.1) is 0 Å². The maximum atomic E-state index is 11.5. The lowest BCUT2D eigenvalue weighted by atomic mass is 10.2. The molecular formula is C18H25ClN4O2Si. The van der Waals surface area contributed by atoms with Gasteiger partial charge in [-0.3, -0.25) is 4.79 Å². The van der Waals surface area contributed by atoms with Crippen molar-refractivity contribution in [3.63, 3.8) is 0 Å². The van der Waals surface area contributed by atoms with Gasteiger partial charge in [0.05, 0.1) is 6.61 Å². The maximum absolute atomic E-state index is 11.5. The summed E-state index contributed by atoms with van der Waals surface area (Å²) in [6.45, 7) is 11.6. The van der Waals surface area contributed by atoms with Crippen LogP contribution >= 0.6 is 11.6 Å². The standard InChI is InChI=1S/C18H25ClN4O2Si/c1-18(2,3)26(4,5)25-11-12-7-6-8-13(9-12)22-16-14(15(20)24)10-21-17(19)23-16/h6-10H,11H2,1-5H3,(H2,20,24)(H,21,22,23). The summed E-state index contributed by atoms with van der Waals surface area (Å²) in [6.07, 6.45) is 1.31. The fraction of sp³-hybridized carbons (Fsp3) is 0.389. The summed E-state index contributed by atoms with van der Waals surface area (Å²) in [6, 6.07) is 7.74. The van der Waals surface area contributed by atoms with Crippen molar-refractivity contribution in [2.75, 3.05) is 5.32 Å². The molecule has 2 rings (SSSR count). The summed E-state index contributed by atoms with van der Waals surface area (Å²) in [4.78, 5) is 19.4. The van der Waals surface area contributed by atoms with E-state index < -0.39 is 14.2 Å². The second-order valence-electron chi connectivity index (χ2n) is 7.64. The second kappa shape index (κ2) is 7.73. The minimum absolute atomic E-state index is 0.0370. The van der Waals surface area contributed by atoms with E-state index in [0.717, 1.165) is 11.3 Å². The van der Waals surface area contributed by atoms with Crippen molar-refractivity contribution < 1.29 is 9.22 Å². The monoisotopic (exact) mass is 392 g/mol. The molecule has 0 fully saturated rings. The van der Waals surface area contributed by atoms with Gasteiger partial charge in [0.1, 0.15) is 11.4 Å². The minimum Gasteiger partial charge on any atom is -0.413 e. The number of primary amides is 1. The maximum Gasteiger partial charge on any atom is 0.254 e. The molecule has 140 valence electrons. The fourth-order valence-electron chi connectivity index (χ4n) is 1.99. The number of nitrogens with two attached hydrogens (primary N) is 1. The first kappa shape index (κ1) is 20.4. The van der Waals surface area contributed by atoms with E-state index in [9.17, 15) is 4.79 Å². The van der Waals surface area contributed by atoms with Crippen LogP contribution in [0.15, 0.2) is 30.5 Å². The highest BCUT2D eigenvalue weighted by atomic mass is 35.5. The van der Waals surface area contributed by atoms with Crippen molar-refractivity contribution >= 4 is 37.3 Å². The summed E-state index contributed by atoms with van der Waals surface area (Å²) in [5, 5.41) is 3.27. The van der Waals surface area contributed by atoms with Crippen LogP contribution in [0.3, 0.4) is 0 Å². The Morgan fingerprint density at radius 1 is 1.35 bits per heavy atom. The van der Waals surface area contributed by atoms with E-state index in [-0.39, 0.29) is 21.7 Å². The first-order valence-corrected chi connectivity index (χ1v) is 11.6. The lowest BCUT2D eigenvalue weighted by Gasteiger charge is -2.36. The molecule has 1 aromatic heterocycles. The lowest BCUT2D eigenvalue weighted by Crippen LogP contribution is -2.40. The Morgan fingerprint density at radius 2 is 2.04 bits per heavy atom. The third-order valence-corrected chi connectivity index (χ3v) is 9.28. The van der Waals surface area contributed by atoms with Crippen LogP contribution < -0.4 is 11.1 Å². The number of hydrogen-bond donors (Lipinski definition) is 2. The Kier molecular flexibility index (Phi) is 6.05. The van der Waals surface area contributed by atoms with E-state index in [1.807, 2.05) is 24.3 Å². The van der Waals surface area contributed by atoms with Gasteiger partial charge in [-0.2, -0.15) is 4.98 Å². The molecule has 2 aromatic rings. The quantitative estimate of drug-likeness (QED) is 0.558. The number of carbonyl (C=O) groups is 1. The number of anilines is 2. The van der Waals surface area contributed by atoms with E-state index >= 15 is 0 Å². The van der Waals surface area contributed by atoms with E-state index in [2.05, 4.69) is 49.1 Å². The Morgan fingerprint density at radius 3 is 2.65 bits per heavy atom. The zero-order valence-electron chi connectivity index (χ0n) is 15.8. The van der Waals surface area contributed by atoms with Crippen molar-refractivity contribution in [3.05, 3.63) is 46.9 Å². The van der Waals surface area contributed by atoms with E-state index in [1.165, 1.54) is 6.20 Å². The molecule has 0 aliphatic rings. The summed E-state index contributed by atoms with van der Waals surface area (Å²) < 4.78 is 6.26. The third-order valence-electron chi connectivity index (χ3n) is 4.62. The predicted molar refractivity (Wildman–Crippen MR) is 107 cm³/mol. The average Bonchev–Trinajstić information content (AvgIpc) is 2.52. The number of amides is 1.